The molecule has 8 nitrogen and oxygen atoms in total. The van der Waals surface area contributed by atoms with Crippen molar-refractivity contribution in [2.75, 3.05) is 12.4 Å². The Morgan fingerprint density at radius 1 is 1.23 bits per heavy atom. The van der Waals surface area contributed by atoms with E-state index < -0.39 is 0 Å². The molecule has 0 aromatic carbocycles. The van der Waals surface area contributed by atoms with E-state index in [1.54, 1.807) is 13.2 Å². The smallest absolute Gasteiger partial charge is 0.258 e. The summed E-state index contributed by atoms with van der Waals surface area (Å²) in [6.45, 7) is 4.06. The molecule has 0 radical (unpaired) electrons. The molecule has 2 rings (SSSR count). The van der Waals surface area contributed by atoms with Gasteiger partial charge in [0.25, 0.3) is 5.91 Å². The summed E-state index contributed by atoms with van der Waals surface area (Å²) in [5, 5.41) is 9.18. The van der Waals surface area contributed by atoms with Gasteiger partial charge in [-0.3, -0.25) is 14.3 Å². The maximum atomic E-state index is 12.1. The fourth-order valence-corrected chi connectivity index (χ4v) is 1.70. The van der Waals surface area contributed by atoms with Crippen LogP contribution in [0.2, 0.25) is 0 Å². The standard InChI is InChI=1S/C14H18N6O2/c1-9(2)13-16-4-10(5-17-13)14(22)19-11-6-18-20(7-11)8-12(21)15-3/h4-7,9H,8H2,1-3H3,(H,15,21)(H,19,22). The lowest BCUT2D eigenvalue weighted by Crippen LogP contribution is -2.23. The molecule has 2 N–H and O–H groups in total. The third-order valence-corrected chi connectivity index (χ3v) is 2.93. The van der Waals surface area contributed by atoms with Crippen molar-refractivity contribution in [3.63, 3.8) is 0 Å². The molecule has 0 saturated heterocycles. The molecule has 22 heavy (non-hydrogen) atoms. The Kier molecular flexibility index (Phi) is 4.82. The van der Waals surface area contributed by atoms with Gasteiger partial charge in [-0.15, -0.1) is 0 Å². The Morgan fingerprint density at radius 2 is 1.91 bits per heavy atom. The quantitative estimate of drug-likeness (QED) is 0.850. The highest BCUT2D eigenvalue weighted by Gasteiger charge is 2.10. The number of anilines is 1. The minimum atomic E-state index is -0.324. The molecule has 0 bridgehead atoms. The molecule has 2 amide bonds. The Morgan fingerprint density at radius 3 is 2.50 bits per heavy atom. The molecular weight excluding hydrogens is 284 g/mol. The van der Waals surface area contributed by atoms with Crippen LogP contribution in [0.4, 0.5) is 5.69 Å². The second-order valence-corrected chi connectivity index (χ2v) is 5.04. The predicted molar refractivity (Wildman–Crippen MR) is 80.4 cm³/mol. The number of likely N-dealkylation sites (N-methyl/N-ethyl adjacent to an activating group) is 1. The van der Waals surface area contributed by atoms with Gasteiger partial charge in [0, 0.05) is 31.6 Å². The highest BCUT2D eigenvalue weighted by Crippen LogP contribution is 2.10. The number of nitrogens with one attached hydrogen (secondary N) is 2. The Balaban J connectivity index is 2.01. The molecule has 0 atom stereocenters. The van der Waals surface area contributed by atoms with Crippen molar-refractivity contribution in [1.82, 2.24) is 25.1 Å². The highest BCUT2D eigenvalue weighted by molar-refractivity contribution is 6.03. The van der Waals surface area contributed by atoms with Gasteiger partial charge in [-0.2, -0.15) is 5.10 Å². The summed E-state index contributed by atoms with van der Waals surface area (Å²) in [4.78, 5) is 31.6. The average molecular weight is 302 g/mol. The second-order valence-electron chi connectivity index (χ2n) is 5.04. The van der Waals surface area contributed by atoms with Crippen molar-refractivity contribution in [3.8, 4) is 0 Å². The van der Waals surface area contributed by atoms with E-state index in [0.717, 1.165) is 0 Å². The number of nitrogens with zero attached hydrogens (tertiary/aromatic N) is 4. The van der Waals surface area contributed by atoms with Gasteiger partial charge in [0.2, 0.25) is 5.91 Å². The van der Waals surface area contributed by atoms with Crippen molar-refractivity contribution in [3.05, 3.63) is 36.2 Å². The summed E-state index contributed by atoms with van der Waals surface area (Å²) < 4.78 is 1.44. The number of carbonyl (C=O) groups excluding carboxylic acids is 2. The molecule has 2 aromatic heterocycles. The van der Waals surface area contributed by atoms with Gasteiger partial charge < -0.3 is 10.6 Å². The van der Waals surface area contributed by atoms with Crippen LogP contribution in [-0.2, 0) is 11.3 Å². The third kappa shape index (κ3) is 3.87. The van der Waals surface area contributed by atoms with Gasteiger partial charge in [0.1, 0.15) is 12.4 Å². The monoisotopic (exact) mass is 302 g/mol. The number of hydrogen-bond acceptors (Lipinski definition) is 5. The molecule has 116 valence electrons. The van der Waals surface area contributed by atoms with Crippen molar-refractivity contribution >= 4 is 17.5 Å². The largest absolute Gasteiger partial charge is 0.358 e. The first-order valence-corrected chi connectivity index (χ1v) is 6.86. The van der Waals surface area contributed by atoms with E-state index >= 15 is 0 Å². The van der Waals surface area contributed by atoms with Crippen LogP contribution in [0.3, 0.4) is 0 Å². The number of carbonyl (C=O) groups is 2. The fraction of sp³-hybridized carbons (Fsp3) is 0.357. The SMILES string of the molecule is CNC(=O)Cn1cc(NC(=O)c2cnc(C(C)C)nc2)cn1. The number of amides is 2. The summed E-state index contributed by atoms with van der Waals surface area (Å²) in [6.07, 6.45) is 6.04. The van der Waals surface area contributed by atoms with Gasteiger partial charge >= 0.3 is 0 Å². The van der Waals surface area contributed by atoms with Crippen molar-refractivity contribution < 1.29 is 9.59 Å². The van der Waals surface area contributed by atoms with E-state index in [1.807, 2.05) is 13.8 Å². The van der Waals surface area contributed by atoms with Crippen molar-refractivity contribution in [2.45, 2.75) is 26.3 Å². The van der Waals surface area contributed by atoms with Crippen LogP contribution in [0, 0.1) is 0 Å². The number of aromatic nitrogens is 4. The molecule has 2 heterocycles. The lowest BCUT2D eigenvalue weighted by atomic mass is 10.2. The van der Waals surface area contributed by atoms with E-state index in [9.17, 15) is 9.59 Å². The van der Waals surface area contributed by atoms with E-state index in [4.69, 9.17) is 0 Å². The van der Waals surface area contributed by atoms with Crippen molar-refractivity contribution in [2.24, 2.45) is 0 Å². The molecule has 0 unspecified atom stereocenters. The zero-order valence-corrected chi connectivity index (χ0v) is 12.7. The molecule has 0 saturated carbocycles. The fourth-order valence-electron chi connectivity index (χ4n) is 1.70. The second kappa shape index (κ2) is 6.79. The summed E-state index contributed by atoms with van der Waals surface area (Å²) in [5.74, 6) is 0.406. The van der Waals surface area contributed by atoms with E-state index in [1.165, 1.54) is 23.3 Å². The van der Waals surface area contributed by atoms with Gasteiger partial charge in [-0.05, 0) is 0 Å². The Bertz CT molecular complexity index is 662. The highest BCUT2D eigenvalue weighted by atomic mass is 16.2. The number of hydrogen-bond donors (Lipinski definition) is 2. The first-order valence-electron chi connectivity index (χ1n) is 6.86. The van der Waals surface area contributed by atoms with Gasteiger partial charge in [-0.1, -0.05) is 13.8 Å². The zero-order valence-electron chi connectivity index (χ0n) is 12.7. The molecule has 0 aliphatic carbocycles. The Labute approximate surface area is 128 Å². The summed E-state index contributed by atoms with van der Waals surface area (Å²) in [5.41, 5.74) is 0.866. The Hall–Kier alpha value is -2.77. The maximum Gasteiger partial charge on any atom is 0.258 e. The lowest BCUT2D eigenvalue weighted by Gasteiger charge is -2.05. The average Bonchev–Trinajstić information content (AvgIpc) is 2.94. The maximum absolute atomic E-state index is 12.1. The van der Waals surface area contributed by atoms with Gasteiger partial charge in [0.05, 0.1) is 17.4 Å². The topological polar surface area (TPSA) is 102 Å². The molecule has 8 heteroatoms. The summed E-state index contributed by atoms with van der Waals surface area (Å²) >= 11 is 0. The number of rotatable bonds is 5. The van der Waals surface area contributed by atoms with E-state index in [-0.39, 0.29) is 24.3 Å². The molecule has 0 aliphatic heterocycles. The predicted octanol–water partition coefficient (Wildman–Crippen LogP) is 0.795. The van der Waals surface area contributed by atoms with Gasteiger partial charge in [-0.25, -0.2) is 9.97 Å². The lowest BCUT2D eigenvalue weighted by molar-refractivity contribution is -0.121. The van der Waals surface area contributed by atoms with E-state index in [0.29, 0.717) is 17.1 Å². The molecule has 0 aliphatic rings. The van der Waals surface area contributed by atoms with Crippen molar-refractivity contribution in [1.29, 1.82) is 0 Å². The van der Waals surface area contributed by atoms with Crippen LogP contribution in [0.15, 0.2) is 24.8 Å². The van der Waals surface area contributed by atoms with Crippen LogP contribution < -0.4 is 10.6 Å². The molecule has 0 spiro atoms. The molecule has 0 fully saturated rings. The minimum Gasteiger partial charge on any atom is -0.358 e. The van der Waals surface area contributed by atoms with Crippen LogP contribution >= 0.6 is 0 Å². The molecule has 2 aromatic rings. The zero-order chi connectivity index (χ0) is 16.1. The minimum absolute atomic E-state index is 0.0958. The third-order valence-electron chi connectivity index (χ3n) is 2.93. The summed E-state index contributed by atoms with van der Waals surface area (Å²) in [6, 6.07) is 0. The van der Waals surface area contributed by atoms with Crippen LogP contribution in [-0.4, -0.2) is 38.6 Å². The van der Waals surface area contributed by atoms with Gasteiger partial charge in [0.15, 0.2) is 0 Å². The normalized spacial score (nSPS) is 10.5. The first-order chi connectivity index (χ1) is 10.5. The molecular formula is C14H18N6O2. The van der Waals surface area contributed by atoms with Crippen LogP contribution in [0.25, 0.3) is 0 Å². The van der Waals surface area contributed by atoms with E-state index in [2.05, 4.69) is 25.7 Å². The first kappa shape index (κ1) is 15.6. The summed E-state index contributed by atoms with van der Waals surface area (Å²) in [7, 11) is 1.55. The van der Waals surface area contributed by atoms with Crippen LogP contribution in [0.5, 0.6) is 0 Å². The van der Waals surface area contributed by atoms with Crippen LogP contribution in [0.1, 0.15) is 35.9 Å².